The molecule has 0 fully saturated rings. The Morgan fingerprint density at radius 3 is 0.903 bits per heavy atom. The molecule has 0 aromatic carbocycles. The number of aromatic nitrogens is 3. The summed E-state index contributed by atoms with van der Waals surface area (Å²) in [7, 11) is 5.32. The Morgan fingerprint density at radius 1 is 0.548 bits per heavy atom. The average molecular weight is 444 g/mol. The van der Waals surface area contributed by atoms with Gasteiger partial charge in [0.25, 0.3) is 0 Å². The summed E-state index contributed by atoms with van der Waals surface area (Å²) in [5.74, 6) is -0.486. The Hall–Kier alpha value is -3.22. The molecule has 0 atom stereocenters. The molecule has 0 spiro atoms. The minimum Gasteiger partial charge on any atom is -0.503 e. The van der Waals surface area contributed by atoms with Gasteiger partial charge in [-0.3, -0.25) is 14.4 Å². The average Bonchev–Trinajstić information content (AvgIpc) is 2.73. The Morgan fingerprint density at radius 2 is 0.742 bits per heavy atom. The minimum atomic E-state index is -0.324. The second kappa shape index (κ2) is 11.8. The maximum Gasteiger partial charge on any atom is 0.223 e. The lowest BCUT2D eigenvalue weighted by molar-refractivity contribution is 0.457. The highest BCUT2D eigenvalue weighted by Crippen LogP contribution is 2.07. The summed E-state index contributed by atoms with van der Waals surface area (Å²) in [6.45, 7) is 5.07. The van der Waals surface area contributed by atoms with Gasteiger partial charge in [0, 0.05) is 75.3 Å². The van der Waals surface area contributed by atoms with Gasteiger partial charge in [-0.15, -0.1) is 0 Å². The molecule has 31 heavy (non-hydrogen) atoms. The van der Waals surface area contributed by atoms with Crippen LogP contribution in [0.15, 0.2) is 51.2 Å². The molecule has 3 aromatic rings. The van der Waals surface area contributed by atoms with E-state index in [4.69, 9.17) is 15.3 Å². The molecular formula is C21H27AlN3O6. The molecular weight excluding hydrogens is 417 g/mol. The van der Waals surface area contributed by atoms with Crippen LogP contribution in [0.4, 0.5) is 0 Å². The first-order chi connectivity index (χ1) is 13.9. The van der Waals surface area contributed by atoms with E-state index in [-0.39, 0.29) is 50.9 Å². The molecule has 165 valence electrons. The fourth-order valence-electron chi connectivity index (χ4n) is 2.15. The van der Waals surface area contributed by atoms with E-state index in [0.29, 0.717) is 17.1 Å². The molecule has 10 heteroatoms. The van der Waals surface area contributed by atoms with Gasteiger partial charge in [-0.05, 0) is 20.8 Å². The largest absolute Gasteiger partial charge is 0.503 e. The second-order valence-electron chi connectivity index (χ2n) is 6.67. The van der Waals surface area contributed by atoms with Gasteiger partial charge >= 0.3 is 0 Å². The highest BCUT2D eigenvalue weighted by molar-refractivity contribution is 5.75. The summed E-state index contributed by atoms with van der Waals surface area (Å²) in [6, 6.07) is 4.01. The maximum atomic E-state index is 10.7. The normalized spacial score (nSPS) is 9.48. The molecule has 0 bridgehead atoms. The Labute approximate surface area is 190 Å². The van der Waals surface area contributed by atoms with Gasteiger partial charge in [0.2, 0.25) is 16.3 Å². The number of aromatic hydroxyl groups is 3. The van der Waals surface area contributed by atoms with Gasteiger partial charge in [-0.1, -0.05) is 0 Å². The standard InChI is InChI=1S/3C7H9NO2.Al/c3*1-5-7(10)6(9)3-4-8(5)2;/h3*3-4,10H,1-2H3;. The fourth-order valence-corrected chi connectivity index (χ4v) is 2.15. The van der Waals surface area contributed by atoms with Crippen LogP contribution in [-0.4, -0.2) is 46.4 Å². The number of hydrogen-bond donors (Lipinski definition) is 3. The third kappa shape index (κ3) is 7.20. The van der Waals surface area contributed by atoms with E-state index in [2.05, 4.69) is 0 Å². The van der Waals surface area contributed by atoms with Crippen molar-refractivity contribution in [1.29, 1.82) is 0 Å². The lowest BCUT2D eigenvalue weighted by atomic mass is 10.3. The van der Waals surface area contributed by atoms with E-state index < -0.39 is 0 Å². The minimum absolute atomic E-state index is 0. The summed E-state index contributed by atoms with van der Waals surface area (Å²) in [5, 5.41) is 27.2. The highest BCUT2D eigenvalue weighted by atomic mass is 27.0. The van der Waals surface area contributed by atoms with Crippen LogP contribution in [0.3, 0.4) is 0 Å². The zero-order chi connectivity index (χ0) is 23.2. The van der Waals surface area contributed by atoms with Crippen LogP contribution < -0.4 is 16.3 Å². The zero-order valence-corrected chi connectivity index (χ0v) is 19.6. The summed E-state index contributed by atoms with van der Waals surface area (Å²) in [6.07, 6.45) is 4.87. The molecule has 0 unspecified atom stereocenters. The van der Waals surface area contributed by atoms with Crippen LogP contribution in [0.1, 0.15) is 17.1 Å². The third-order valence-electron chi connectivity index (χ3n) is 4.66. The first kappa shape index (κ1) is 27.8. The van der Waals surface area contributed by atoms with E-state index in [1.807, 2.05) is 0 Å². The van der Waals surface area contributed by atoms with Gasteiger partial charge in [-0.2, -0.15) is 0 Å². The van der Waals surface area contributed by atoms with Crippen molar-refractivity contribution in [3.05, 3.63) is 84.5 Å². The molecule has 9 nitrogen and oxygen atoms in total. The van der Waals surface area contributed by atoms with Crippen LogP contribution in [0.25, 0.3) is 0 Å². The van der Waals surface area contributed by atoms with Gasteiger partial charge in [0.15, 0.2) is 17.2 Å². The molecule has 0 aliphatic carbocycles. The smallest absolute Gasteiger partial charge is 0.223 e. The first-order valence-corrected chi connectivity index (χ1v) is 8.94. The first-order valence-electron chi connectivity index (χ1n) is 8.94. The van der Waals surface area contributed by atoms with Crippen molar-refractivity contribution in [1.82, 2.24) is 13.7 Å². The van der Waals surface area contributed by atoms with Gasteiger partial charge in [0.05, 0.1) is 17.1 Å². The van der Waals surface area contributed by atoms with Crippen molar-refractivity contribution in [2.75, 3.05) is 0 Å². The second-order valence-corrected chi connectivity index (χ2v) is 6.67. The lowest BCUT2D eigenvalue weighted by Crippen LogP contribution is -2.06. The van der Waals surface area contributed by atoms with Gasteiger partial charge in [-0.25, -0.2) is 0 Å². The van der Waals surface area contributed by atoms with Crippen LogP contribution in [0.5, 0.6) is 17.2 Å². The molecule has 3 heterocycles. The molecule has 0 amide bonds. The molecule has 0 aliphatic heterocycles. The molecule has 3 rings (SSSR count). The fraction of sp³-hybridized carbons (Fsp3) is 0.286. The predicted molar refractivity (Wildman–Crippen MR) is 120 cm³/mol. The highest BCUT2D eigenvalue weighted by Gasteiger charge is 2.01. The molecule has 0 saturated heterocycles. The topological polar surface area (TPSA) is 127 Å². The van der Waals surface area contributed by atoms with Crippen molar-refractivity contribution in [2.45, 2.75) is 20.8 Å². The Bertz CT molecular complexity index is 1060. The maximum absolute atomic E-state index is 10.7. The predicted octanol–water partition coefficient (Wildman–Crippen LogP) is 0.817. The third-order valence-corrected chi connectivity index (χ3v) is 4.66. The molecule has 0 saturated carbocycles. The summed E-state index contributed by atoms with van der Waals surface area (Å²) < 4.78 is 5.07. The van der Waals surface area contributed by atoms with Crippen LogP contribution in [-0.2, 0) is 21.1 Å². The number of pyridine rings is 3. The summed E-state index contributed by atoms with van der Waals surface area (Å²) >= 11 is 0. The quantitative estimate of drug-likeness (QED) is 0.441. The van der Waals surface area contributed by atoms with Crippen molar-refractivity contribution >= 4 is 17.4 Å². The SMILES string of the molecule is Cc1c(O)c(=O)ccn1C.Cc1c(O)c(=O)ccn1C.Cc1c(O)c(=O)ccn1C.[Al]. The van der Waals surface area contributed by atoms with E-state index in [1.54, 1.807) is 74.2 Å². The number of nitrogens with zero attached hydrogens (tertiary/aromatic N) is 3. The Balaban J connectivity index is 0.000000429. The van der Waals surface area contributed by atoms with E-state index >= 15 is 0 Å². The number of aryl methyl sites for hydroxylation is 3. The monoisotopic (exact) mass is 444 g/mol. The molecule has 3 aromatic heterocycles. The van der Waals surface area contributed by atoms with Crippen LogP contribution in [0.2, 0.25) is 0 Å². The van der Waals surface area contributed by atoms with E-state index in [0.717, 1.165) is 0 Å². The van der Waals surface area contributed by atoms with Crippen LogP contribution in [0, 0.1) is 20.8 Å². The number of hydrogen-bond acceptors (Lipinski definition) is 6. The van der Waals surface area contributed by atoms with E-state index in [1.165, 1.54) is 18.2 Å². The summed E-state index contributed by atoms with van der Waals surface area (Å²) in [4.78, 5) is 32.2. The zero-order valence-electron chi connectivity index (χ0n) is 18.4. The lowest BCUT2D eigenvalue weighted by Gasteiger charge is -2.02. The summed E-state index contributed by atoms with van der Waals surface area (Å²) in [5.41, 5.74) is 0.800. The van der Waals surface area contributed by atoms with Gasteiger partial charge < -0.3 is 29.0 Å². The molecule has 0 aliphatic rings. The van der Waals surface area contributed by atoms with Crippen molar-refractivity contribution in [2.24, 2.45) is 21.1 Å². The van der Waals surface area contributed by atoms with Gasteiger partial charge in [0.1, 0.15) is 0 Å². The Kier molecular flexibility index (Phi) is 10.6. The van der Waals surface area contributed by atoms with Crippen LogP contribution >= 0.6 is 0 Å². The molecule has 3 radical (unpaired) electrons. The van der Waals surface area contributed by atoms with E-state index in [9.17, 15) is 14.4 Å². The van der Waals surface area contributed by atoms with Crippen molar-refractivity contribution in [3.63, 3.8) is 0 Å². The number of rotatable bonds is 0. The van der Waals surface area contributed by atoms with Crippen molar-refractivity contribution < 1.29 is 15.3 Å². The van der Waals surface area contributed by atoms with Crippen molar-refractivity contribution in [3.8, 4) is 17.2 Å². The molecule has 3 N–H and O–H groups in total.